The average molecular weight is 450 g/mol. The summed E-state index contributed by atoms with van der Waals surface area (Å²) >= 11 is 0. The summed E-state index contributed by atoms with van der Waals surface area (Å²) in [4.78, 5) is 18.9. The van der Waals surface area contributed by atoms with Gasteiger partial charge in [-0.1, -0.05) is 18.2 Å². The van der Waals surface area contributed by atoms with Crippen molar-refractivity contribution in [1.82, 2.24) is 14.6 Å². The molecule has 7 nitrogen and oxygen atoms in total. The van der Waals surface area contributed by atoms with Crippen molar-refractivity contribution >= 4 is 16.1 Å². The quantitative estimate of drug-likeness (QED) is 0.756. The highest BCUT2D eigenvalue weighted by atomic mass is 32.2. The SMILES string of the molecule is CC(C)(C)OC(=O)N1CC[C@H](NS(C)(=O)=O)[C@@H]1Cc1cccc(-c2cccc(F)c2)n1. The smallest absolute Gasteiger partial charge is 0.410 e. The molecule has 0 aliphatic carbocycles. The largest absolute Gasteiger partial charge is 0.444 e. The number of carbonyl (C=O) groups is 1. The molecule has 2 heterocycles. The van der Waals surface area contributed by atoms with Crippen LogP contribution in [-0.2, 0) is 21.2 Å². The number of aromatic nitrogens is 1. The Labute approximate surface area is 182 Å². The summed E-state index contributed by atoms with van der Waals surface area (Å²) in [6.07, 6.45) is 1.41. The van der Waals surface area contributed by atoms with E-state index in [4.69, 9.17) is 4.74 Å². The molecule has 1 aliphatic rings. The Bertz CT molecular complexity index is 1050. The van der Waals surface area contributed by atoms with E-state index in [0.717, 1.165) is 6.26 Å². The second-order valence-corrected chi connectivity index (χ2v) is 10.5. The van der Waals surface area contributed by atoms with Crippen LogP contribution < -0.4 is 4.72 Å². The maximum atomic E-state index is 13.6. The van der Waals surface area contributed by atoms with Crippen molar-refractivity contribution in [3.05, 3.63) is 54.0 Å². The predicted octanol–water partition coefficient (Wildman–Crippen LogP) is 3.36. The first-order chi connectivity index (χ1) is 14.4. The van der Waals surface area contributed by atoms with Crippen LogP contribution in [0.2, 0.25) is 0 Å². The van der Waals surface area contributed by atoms with Gasteiger partial charge in [0.2, 0.25) is 10.0 Å². The standard InChI is InChI=1S/C22H28FN3O4S/c1-22(2,3)30-21(27)26-12-11-19(25-31(4,28)29)20(26)14-17-9-6-10-18(24-17)15-7-5-8-16(23)13-15/h5-10,13,19-20,25H,11-12,14H2,1-4H3/t19-,20-/m0/s1. The molecule has 0 unspecified atom stereocenters. The van der Waals surface area contributed by atoms with Gasteiger partial charge in [0.05, 0.1) is 18.0 Å². The summed E-state index contributed by atoms with van der Waals surface area (Å²) in [6, 6.07) is 10.7. The lowest BCUT2D eigenvalue weighted by Gasteiger charge is -2.30. The summed E-state index contributed by atoms with van der Waals surface area (Å²) in [5.41, 5.74) is 1.25. The monoisotopic (exact) mass is 449 g/mol. The van der Waals surface area contributed by atoms with Crippen LogP contribution in [-0.4, -0.2) is 54.9 Å². The normalized spacial score (nSPS) is 19.5. The number of likely N-dealkylation sites (tertiary alicyclic amines) is 1. The number of pyridine rings is 1. The number of hydrogen-bond acceptors (Lipinski definition) is 5. The molecule has 1 amide bonds. The van der Waals surface area contributed by atoms with Crippen LogP contribution in [0.5, 0.6) is 0 Å². The van der Waals surface area contributed by atoms with E-state index in [-0.39, 0.29) is 5.82 Å². The number of nitrogens with zero attached hydrogens (tertiary/aromatic N) is 2. The number of ether oxygens (including phenoxy) is 1. The Hall–Kier alpha value is -2.52. The van der Waals surface area contributed by atoms with Gasteiger partial charge in [-0.25, -0.2) is 22.3 Å². The molecule has 2 atom stereocenters. The molecule has 1 saturated heterocycles. The number of carbonyl (C=O) groups excluding carboxylic acids is 1. The molecule has 0 saturated carbocycles. The van der Waals surface area contributed by atoms with E-state index >= 15 is 0 Å². The van der Waals surface area contributed by atoms with E-state index < -0.39 is 33.8 Å². The van der Waals surface area contributed by atoms with Crippen molar-refractivity contribution in [1.29, 1.82) is 0 Å². The lowest BCUT2D eigenvalue weighted by molar-refractivity contribution is 0.0218. The molecule has 0 spiro atoms. The third-order valence-corrected chi connectivity index (χ3v) is 5.62. The molecule has 1 aliphatic heterocycles. The minimum Gasteiger partial charge on any atom is -0.444 e. The first kappa shape index (κ1) is 23.1. The minimum atomic E-state index is -3.46. The fourth-order valence-corrected chi connectivity index (χ4v) is 4.51. The zero-order chi connectivity index (χ0) is 22.8. The van der Waals surface area contributed by atoms with Crippen molar-refractivity contribution in [2.24, 2.45) is 0 Å². The van der Waals surface area contributed by atoms with E-state index in [2.05, 4.69) is 9.71 Å². The zero-order valence-corrected chi connectivity index (χ0v) is 18.9. The second-order valence-electron chi connectivity index (χ2n) is 8.75. The predicted molar refractivity (Wildman–Crippen MR) is 116 cm³/mol. The second kappa shape index (κ2) is 8.92. The van der Waals surface area contributed by atoms with Crippen LogP contribution in [0, 0.1) is 5.82 Å². The number of rotatable bonds is 5. The molecule has 0 radical (unpaired) electrons. The van der Waals surface area contributed by atoms with Crippen LogP contribution >= 0.6 is 0 Å². The highest BCUT2D eigenvalue weighted by molar-refractivity contribution is 7.88. The highest BCUT2D eigenvalue weighted by Crippen LogP contribution is 2.26. The molecule has 1 fully saturated rings. The van der Waals surface area contributed by atoms with Gasteiger partial charge >= 0.3 is 6.09 Å². The Morgan fingerprint density at radius 2 is 1.97 bits per heavy atom. The number of nitrogens with one attached hydrogen (secondary N) is 1. The summed E-state index contributed by atoms with van der Waals surface area (Å²) in [5, 5.41) is 0. The van der Waals surface area contributed by atoms with Crippen LogP contribution in [0.15, 0.2) is 42.5 Å². The van der Waals surface area contributed by atoms with Gasteiger partial charge in [-0.3, -0.25) is 4.98 Å². The molecule has 1 aromatic heterocycles. The van der Waals surface area contributed by atoms with Crippen molar-refractivity contribution in [2.75, 3.05) is 12.8 Å². The topological polar surface area (TPSA) is 88.6 Å². The van der Waals surface area contributed by atoms with E-state index in [1.165, 1.54) is 12.1 Å². The van der Waals surface area contributed by atoms with Crippen LogP contribution in [0.4, 0.5) is 9.18 Å². The maximum absolute atomic E-state index is 13.6. The zero-order valence-electron chi connectivity index (χ0n) is 18.1. The molecular formula is C22H28FN3O4S. The van der Waals surface area contributed by atoms with Gasteiger partial charge in [-0.05, 0) is 51.5 Å². The van der Waals surface area contributed by atoms with Gasteiger partial charge in [-0.2, -0.15) is 0 Å². The molecular weight excluding hydrogens is 421 g/mol. The van der Waals surface area contributed by atoms with Gasteiger partial charge in [0.15, 0.2) is 0 Å². The first-order valence-electron chi connectivity index (χ1n) is 10.1. The van der Waals surface area contributed by atoms with Crippen LogP contribution in [0.25, 0.3) is 11.3 Å². The molecule has 9 heteroatoms. The fourth-order valence-electron chi connectivity index (χ4n) is 3.68. The van der Waals surface area contributed by atoms with E-state index in [1.807, 2.05) is 12.1 Å². The van der Waals surface area contributed by atoms with Gasteiger partial charge < -0.3 is 9.64 Å². The Balaban J connectivity index is 1.88. The molecule has 0 bridgehead atoms. The van der Waals surface area contributed by atoms with Gasteiger partial charge in [0.1, 0.15) is 11.4 Å². The lowest BCUT2D eigenvalue weighted by atomic mass is 10.0. The first-order valence-corrected chi connectivity index (χ1v) is 12.0. The third-order valence-electron chi connectivity index (χ3n) is 4.88. The van der Waals surface area contributed by atoms with Crippen LogP contribution in [0.3, 0.4) is 0 Å². The van der Waals surface area contributed by atoms with E-state index in [1.54, 1.807) is 43.9 Å². The highest BCUT2D eigenvalue weighted by Gasteiger charge is 2.40. The molecule has 1 aromatic carbocycles. The number of benzene rings is 1. The molecule has 31 heavy (non-hydrogen) atoms. The van der Waals surface area contributed by atoms with E-state index in [0.29, 0.717) is 36.3 Å². The van der Waals surface area contributed by atoms with Crippen LogP contribution in [0.1, 0.15) is 32.9 Å². The Kier molecular flexibility index (Phi) is 6.66. The minimum absolute atomic E-state index is 0.329. The van der Waals surface area contributed by atoms with Crippen molar-refractivity contribution in [3.63, 3.8) is 0 Å². The Morgan fingerprint density at radius 1 is 1.26 bits per heavy atom. The van der Waals surface area contributed by atoms with Crippen molar-refractivity contribution < 1.29 is 22.3 Å². The molecule has 2 aromatic rings. The van der Waals surface area contributed by atoms with Gasteiger partial charge in [0, 0.05) is 30.3 Å². The summed E-state index contributed by atoms with van der Waals surface area (Å²) in [5.74, 6) is -0.353. The number of hydrogen-bond donors (Lipinski definition) is 1. The number of halogens is 1. The lowest BCUT2D eigenvalue weighted by Crippen LogP contribution is -2.48. The number of sulfonamides is 1. The molecule has 3 rings (SSSR count). The summed E-state index contributed by atoms with van der Waals surface area (Å²) in [6.45, 7) is 5.72. The van der Waals surface area contributed by atoms with Crippen molar-refractivity contribution in [2.45, 2.75) is 51.3 Å². The van der Waals surface area contributed by atoms with Crippen molar-refractivity contribution in [3.8, 4) is 11.3 Å². The molecule has 168 valence electrons. The third kappa shape index (κ3) is 6.48. The van der Waals surface area contributed by atoms with Gasteiger partial charge in [0.25, 0.3) is 0 Å². The fraction of sp³-hybridized carbons (Fsp3) is 0.455. The maximum Gasteiger partial charge on any atom is 0.410 e. The molecule has 1 N–H and O–H groups in total. The average Bonchev–Trinajstić information content (AvgIpc) is 3.01. The summed E-state index contributed by atoms with van der Waals surface area (Å²) in [7, 11) is -3.46. The number of amides is 1. The summed E-state index contributed by atoms with van der Waals surface area (Å²) < 4.78 is 45.5. The van der Waals surface area contributed by atoms with E-state index in [9.17, 15) is 17.6 Å². The van der Waals surface area contributed by atoms with Gasteiger partial charge in [-0.15, -0.1) is 0 Å². The Morgan fingerprint density at radius 3 is 2.61 bits per heavy atom.